The Balaban J connectivity index is 1.54. The summed E-state index contributed by atoms with van der Waals surface area (Å²) in [6.07, 6.45) is -0.431. The Hall–Kier alpha value is -3.14. The number of hydrogen-bond donors (Lipinski definition) is 0. The largest absolute Gasteiger partial charge is 0.366 e. The van der Waals surface area contributed by atoms with Crippen LogP contribution in [0.25, 0.3) is 10.8 Å². The number of amides is 1. The second-order valence-electron chi connectivity index (χ2n) is 6.43. The lowest BCUT2D eigenvalue weighted by atomic mass is 10.1. The quantitative estimate of drug-likeness (QED) is 0.630. The van der Waals surface area contributed by atoms with Crippen LogP contribution < -0.4 is 5.56 Å². The molecule has 27 heavy (non-hydrogen) atoms. The zero-order chi connectivity index (χ0) is 19.0. The monoisotopic (exact) mass is 369 g/mol. The van der Waals surface area contributed by atoms with Gasteiger partial charge in [0.15, 0.2) is 0 Å². The number of hydrogen-bond acceptors (Lipinski definition) is 7. The molecule has 3 heterocycles. The van der Waals surface area contributed by atoms with Crippen molar-refractivity contribution in [2.45, 2.75) is 19.6 Å². The predicted molar refractivity (Wildman–Crippen MR) is 94.8 cm³/mol. The molecule has 0 saturated carbocycles. The van der Waals surface area contributed by atoms with Gasteiger partial charge in [-0.15, -0.1) is 10.2 Å². The van der Waals surface area contributed by atoms with Crippen LogP contribution in [0.4, 0.5) is 0 Å². The van der Waals surface area contributed by atoms with Crippen molar-refractivity contribution >= 4 is 16.7 Å². The molecule has 10 nitrogen and oxygen atoms in total. The number of morpholine rings is 1. The van der Waals surface area contributed by atoms with E-state index < -0.39 is 6.10 Å². The lowest BCUT2D eigenvalue weighted by Gasteiger charge is -2.31. The van der Waals surface area contributed by atoms with Crippen LogP contribution in [0.2, 0.25) is 0 Å². The molecule has 0 radical (unpaired) electrons. The van der Waals surface area contributed by atoms with E-state index in [1.165, 1.54) is 9.48 Å². The van der Waals surface area contributed by atoms with E-state index in [-0.39, 0.29) is 18.0 Å². The smallest absolute Gasteiger partial charge is 0.275 e. The summed E-state index contributed by atoms with van der Waals surface area (Å²) in [5.74, 6) is 0.239. The molecule has 1 aliphatic rings. The fourth-order valence-corrected chi connectivity index (χ4v) is 3.20. The summed E-state index contributed by atoms with van der Waals surface area (Å²) in [5.41, 5.74) is 0.437. The molecule has 1 fully saturated rings. The number of aryl methyl sites for hydroxylation is 2. The second-order valence-corrected chi connectivity index (χ2v) is 6.43. The van der Waals surface area contributed by atoms with E-state index in [2.05, 4.69) is 20.5 Å². The molecular formula is C17H19N7O3. The highest BCUT2D eigenvalue weighted by atomic mass is 16.5. The third kappa shape index (κ3) is 3.31. The minimum Gasteiger partial charge on any atom is -0.366 e. The lowest BCUT2D eigenvalue weighted by molar-refractivity contribution is -0.140. The van der Waals surface area contributed by atoms with Crippen molar-refractivity contribution in [1.82, 2.24) is 34.9 Å². The van der Waals surface area contributed by atoms with Crippen molar-refractivity contribution in [1.29, 1.82) is 0 Å². The lowest BCUT2D eigenvalue weighted by Crippen LogP contribution is -2.45. The van der Waals surface area contributed by atoms with Crippen LogP contribution in [-0.2, 0) is 23.1 Å². The third-order valence-corrected chi connectivity index (χ3v) is 4.57. The maximum absolute atomic E-state index is 12.8. The van der Waals surface area contributed by atoms with E-state index in [1.807, 2.05) is 19.1 Å². The topological polar surface area (TPSA) is 108 Å². The number of rotatable bonds is 3. The highest BCUT2D eigenvalue weighted by molar-refractivity contribution is 5.83. The van der Waals surface area contributed by atoms with Crippen molar-refractivity contribution in [3.63, 3.8) is 0 Å². The van der Waals surface area contributed by atoms with Crippen LogP contribution in [0, 0.1) is 6.92 Å². The van der Waals surface area contributed by atoms with Gasteiger partial charge in [-0.25, -0.2) is 4.68 Å². The zero-order valence-electron chi connectivity index (χ0n) is 15.1. The molecule has 1 amide bonds. The van der Waals surface area contributed by atoms with Gasteiger partial charge in [0.1, 0.15) is 12.6 Å². The maximum Gasteiger partial charge on any atom is 0.275 e. The molecule has 3 aromatic rings. The summed E-state index contributed by atoms with van der Waals surface area (Å²) in [4.78, 5) is 28.4. The van der Waals surface area contributed by atoms with Crippen molar-refractivity contribution in [3.05, 3.63) is 46.1 Å². The van der Waals surface area contributed by atoms with E-state index in [9.17, 15) is 9.59 Å². The van der Waals surface area contributed by atoms with Crippen molar-refractivity contribution in [2.24, 2.45) is 7.05 Å². The molecule has 1 aromatic carbocycles. The van der Waals surface area contributed by atoms with Gasteiger partial charge in [0.05, 0.1) is 31.3 Å². The van der Waals surface area contributed by atoms with Crippen molar-refractivity contribution in [3.8, 4) is 0 Å². The van der Waals surface area contributed by atoms with E-state index in [4.69, 9.17) is 4.74 Å². The van der Waals surface area contributed by atoms with Crippen LogP contribution >= 0.6 is 0 Å². The fraction of sp³-hybridized carbons (Fsp3) is 0.412. The number of tetrazole rings is 1. The average molecular weight is 369 g/mol. The molecule has 1 aliphatic heterocycles. The molecular weight excluding hydrogens is 350 g/mol. The molecule has 1 saturated heterocycles. The van der Waals surface area contributed by atoms with Gasteiger partial charge < -0.3 is 9.64 Å². The summed E-state index contributed by atoms with van der Waals surface area (Å²) in [6.45, 7) is 2.83. The highest BCUT2D eigenvalue weighted by Crippen LogP contribution is 2.18. The molecule has 1 unspecified atom stereocenters. The first-order valence-electron chi connectivity index (χ1n) is 8.62. The van der Waals surface area contributed by atoms with Crippen LogP contribution in [0.3, 0.4) is 0 Å². The molecule has 10 heteroatoms. The number of carbonyl (C=O) groups is 1. The summed E-state index contributed by atoms with van der Waals surface area (Å²) < 4.78 is 6.88. The molecule has 4 rings (SSSR count). The zero-order valence-corrected chi connectivity index (χ0v) is 15.1. The molecule has 0 aliphatic carbocycles. The first kappa shape index (κ1) is 17.3. The molecule has 1 atom stereocenters. The normalized spacial score (nSPS) is 17.4. The van der Waals surface area contributed by atoms with Gasteiger partial charge in [0.2, 0.25) is 11.7 Å². The minimum absolute atomic E-state index is 0.120. The second kappa shape index (κ2) is 6.88. The first-order valence-corrected chi connectivity index (χ1v) is 8.62. The van der Waals surface area contributed by atoms with Gasteiger partial charge in [0, 0.05) is 11.9 Å². The van der Waals surface area contributed by atoms with Gasteiger partial charge in [-0.2, -0.15) is 9.90 Å². The van der Waals surface area contributed by atoms with Crippen LogP contribution in [0.15, 0.2) is 29.1 Å². The van der Waals surface area contributed by atoms with Crippen molar-refractivity contribution < 1.29 is 9.53 Å². The number of benzene rings is 1. The molecule has 0 N–H and O–H groups in total. The fourth-order valence-electron chi connectivity index (χ4n) is 3.20. The highest BCUT2D eigenvalue weighted by Gasteiger charge is 2.28. The maximum atomic E-state index is 12.8. The SMILES string of the molecule is Cc1nn(CC(=O)N2CCOC(c3nnn(C)n3)C2)c(=O)c2ccccc12. The number of aromatic nitrogens is 6. The number of fused-ring (bicyclic) bond motifs is 1. The van der Waals surface area contributed by atoms with Crippen LogP contribution in [-0.4, -0.2) is 60.5 Å². The van der Waals surface area contributed by atoms with E-state index in [0.29, 0.717) is 36.6 Å². The summed E-state index contributed by atoms with van der Waals surface area (Å²) >= 11 is 0. The molecule has 0 bridgehead atoms. The Morgan fingerprint density at radius 1 is 1.26 bits per heavy atom. The van der Waals surface area contributed by atoms with Gasteiger partial charge in [-0.3, -0.25) is 9.59 Å². The molecule has 140 valence electrons. The third-order valence-electron chi connectivity index (χ3n) is 4.57. The van der Waals surface area contributed by atoms with Gasteiger partial charge in [-0.1, -0.05) is 18.2 Å². The molecule has 2 aromatic heterocycles. The van der Waals surface area contributed by atoms with E-state index in [1.54, 1.807) is 24.1 Å². The van der Waals surface area contributed by atoms with Crippen LogP contribution in [0.1, 0.15) is 17.6 Å². The first-order chi connectivity index (χ1) is 13.0. The van der Waals surface area contributed by atoms with Gasteiger partial charge in [0.25, 0.3) is 5.56 Å². The van der Waals surface area contributed by atoms with E-state index in [0.717, 1.165) is 5.39 Å². The number of nitrogens with zero attached hydrogens (tertiary/aromatic N) is 7. The Morgan fingerprint density at radius 2 is 2.04 bits per heavy atom. The van der Waals surface area contributed by atoms with Crippen LogP contribution in [0.5, 0.6) is 0 Å². The Kier molecular flexibility index (Phi) is 4.40. The molecule has 0 spiro atoms. The Morgan fingerprint density at radius 3 is 2.78 bits per heavy atom. The standard InChI is InChI=1S/C17H19N7O3/c1-11-12-5-3-4-6-13(12)17(26)24(19-11)10-15(25)23-7-8-27-14(9-23)16-18-21-22(2)20-16/h3-6,14H,7-10H2,1-2H3. The Labute approximate surface area is 154 Å². The average Bonchev–Trinajstić information content (AvgIpc) is 3.12. The number of carbonyl (C=O) groups excluding carboxylic acids is 1. The minimum atomic E-state index is -0.431. The van der Waals surface area contributed by atoms with Gasteiger partial charge in [-0.05, 0) is 18.2 Å². The summed E-state index contributed by atoms with van der Waals surface area (Å²) in [5, 5.41) is 17.5. The van der Waals surface area contributed by atoms with E-state index >= 15 is 0 Å². The predicted octanol–water partition coefficient (Wildman–Crippen LogP) is -0.171. The number of ether oxygens (including phenoxy) is 1. The summed E-state index contributed by atoms with van der Waals surface area (Å²) in [7, 11) is 1.67. The van der Waals surface area contributed by atoms with Crippen molar-refractivity contribution in [2.75, 3.05) is 19.7 Å². The van der Waals surface area contributed by atoms with Gasteiger partial charge >= 0.3 is 0 Å². The summed E-state index contributed by atoms with van der Waals surface area (Å²) in [6, 6.07) is 7.26. The Bertz CT molecular complexity index is 1060.